The number of carbonyl (C=O) groups is 1. The number of nitrogens with zero attached hydrogens (tertiary/aromatic N) is 1. The molecule has 0 bridgehead atoms. The first-order valence-corrected chi connectivity index (χ1v) is 8.13. The first-order chi connectivity index (χ1) is 8.79. The molecule has 0 spiro atoms. The predicted molar refractivity (Wildman–Crippen MR) is 81.8 cm³/mol. The van der Waals surface area contributed by atoms with Gasteiger partial charge in [0.15, 0.2) is 0 Å². The zero-order valence-electron chi connectivity index (χ0n) is 12.9. The van der Waals surface area contributed by atoms with E-state index >= 15 is 0 Å². The summed E-state index contributed by atoms with van der Waals surface area (Å²) in [5.41, 5.74) is -0.417. The molecule has 2 unspecified atom stereocenters. The van der Waals surface area contributed by atoms with Crippen LogP contribution in [0.1, 0.15) is 40.5 Å². The minimum atomic E-state index is -0.417. The third-order valence-electron chi connectivity index (χ3n) is 3.16. The SMILES string of the molecule is CC1SCCC1NCCCN(C)C(=O)OC(C)(C)C. The monoisotopic (exact) mass is 288 g/mol. The number of ether oxygens (including phenoxy) is 1. The van der Waals surface area contributed by atoms with Crippen LogP contribution >= 0.6 is 11.8 Å². The molecule has 2 atom stereocenters. The highest BCUT2D eigenvalue weighted by atomic mass is 32.2. The maximum absolute atomic E-state index is 11.7. The van der Waals surface area contributed by atoms with Crippen LogP contribution in [-0.4, -0.2) is 53.8 Å². The lowest BCUT2D eigenvalue weighted by Gasteiger charge is -2.25. The first-order valence-electron chi connectivity index (χ1n) is 7.08. The summed E-state index contributed by atoms with van der Waals surface area (Å²) in [6.45, 7) is 9.64. The molecule has 5 heteroatoms. The number of hydrogen-bond acceptors (Lipinski definition) is 4. The van der Waals surface area contributed by atoms with Gasteiger partial charge in [-0.15, -0.1) is 0 Å². The summed E-state index contributed by atoms with van der Waals surface area (Å²) < 4.78 is 5.31. The highest BCUT2D eigenvalue weighted by molar-refractivity contribution is 8.00. The first kappa shape index (κ1) is 16.6. The van der Waals surface area contributed by atoms with Crippen LogP contribution in [0.3, 0.4) is 0 Å². The summed E-state index contributed by atoms with van der Waals surface area (Å²) in [4.78, 5) is 13.4. The second kappa shape index (κ2) is 7.39. The quantitative estimate of drug-likeness (QED) is 0.790. The summed E-state index contributed by atoms with van der Waals surface area (Å²) in [6, 6.07) is 0.636. The molecule has 4 nitrogen and oxygen atoms in total. The van der Waals surface area contributed by atoms with E-state index in [1.165, 1.54) is 12.2 Å². The van der Waals surface area contributed by atoms with Gasteiger partial charge in [-0.05, 0) is 45.9 Å². The number of rotatable bonds is 5. The number of amides is 1. The predicted octanol–water partition coefficient (Wildman–Crippen LogP) is 2.73. The van der Waals surface area contributed by atoms with Gasteiger partial charge in [0.2, 0.25) is 0 Å². The van der Waals surface area contributed by atoms with Gasteiger partial charge in [0, 0.05) is 24.9 Å². The molecule has 1 aliphatic heterocycles. The van der Waals surface area contributed by atoms with E-state index in [2.05, 4.69) is 12.2 Å². The highest BCUT2D eigenvalue weighted by Crippen LogP contribution is 2.25. The van der Waals surface area contributed by atoms with E-state index < -0.39 is 5.60 Å². The lowest BCUT2D eigenvalue weighted by Crippen LogP contribution is -2.38. The second-order valence-electron chi connectivity index (χ2n) is 6.18. The van der Waals surface area contributed by atoms with Crippen molar-refractivity contribution in [2.45, 2.75) is 57.4 Å². The number of hydrogen-bond donors (Lipinski definition) is 1. The van der Waals surface area contributed by atoms with Crippen LogP contribution in [0.5, 0.6) is 0 Å². The van der Waals surface area contributed by atoms with Crippen molar-refractivity contribution in [2.75, 3.05) is 25.9 Å². The molecule has 1 saturated heterocycles. The van der Waals surface area contributed by atoms with Crippen LogP contribution in [0.25, 0.3) is 0 Å². The normalized spacial score (nSPS) is 23.4. The molecule has 1 N–H and O–H groups in total. The van der Waals surface area contributed by atoms with Gasteiger partial charge in [0.1, 0.15) is 5.60 Å². The van der Waals surface area contributed by atoms with Crippen molar-refractivity contribution >= 4 is 17.9 Å². The second-order valence-corrected chi connectivity index (χ2v) is 7.67. The summed E-state index contributed by atoms with van der Waals surface area (Å²) in [5.74, 6) is 1.26. The molecule has 0 saturated carbocycles. The summed E-state index contributed by atoms with van der Waals surface area (Å²) >= 11 is 2.03. The lowest BCUT2D eigenvalue weighted by atomic mass is 10.1. The molecule has 19 heavy (non-hydrogen) atoms. The van der Waals surface area contributed by atoms with Gasteiger partial charge < -0.3 is 15.0 Å². The Morgan fingerprint density at radius 3 is 2.68 bits per heavy atom. The molecular formula is C14H28N2O2S. The average Bonchev–Trinajstić information content (AvgIpc) is 2.68. The zero-order valence-corrected chi connectivity index (χ0v) is 13.7. The molecule has 0 aromatic heterocycles. The van der Waals surface area contributed by atoms with Crippen molar-refractivity contribution in [3.8, 4) is 0 Å². The van der Waals surface area contributed by atoms with Crippen LogP contribution in [-0.2, 0) is 4.74 Å². The standard InChI is InChI=1S/C14H28N2O2S/c1-11-12(7-10-19-11)15-8-6-9-16(5)13(17)18-14(2,3)4/h11-12,15H,6-10H2,1-5H3. The molecule has 1 amide bonds. The van der Waals surface area contributed by atoms with Crippen LogP contribution in [0.4, 0.5) is 4.79 Å². The van der Waals surface area contributed by atoms with E-state index in [1.807, 2.05) is 32.5 Å². The van der Waals surface area contributed by atoms with Crippen molar-refractivity contribution in [1.29, 1.82) is 0 Å². The molecule has 1 heterocycles. The maximum atomic E-state index is 11.7. The van der Waals surface area contributed by atoms with Crippen molar-refractivity contribution in [3.63, 3.8) is 0 Å². The van der Waals surface area contributed by atoms with Crippen LogP contribution in [0, 0.1) is 0 Å². The Morgan fingerprint density at radius 2 is 2.16 bits per heavy atom. The van der Waals surface area contributed by atoms with E-state index in [0.29, 0.717) is 11.3 Å². The van der Waals surface area contributed by atoms with Crippen molar-refractivity contribution in [3.05, 3.63) is 0 Å². The Bertz CT molecular complexity index is 292. The molecule has 1 aliphatic rings. The van der Waals surface area contributed by atoms with Gasteiger partial charge in [-0.3, -0.25) is 0 Å². The molecule has 112 valence electrons. The smallest absolute Gasteiger partial charge is 0.410 e. The van der Waals surface area contributed by atoms with Crippen LogP contribution < -0.4 is 5.32 Å². The fourth-order valence-corrected chi connectivity index (χ4v) is 3.26. The van der Waals surface area contributed by atoms with Crippen molar-refractivity contribution < 1.29 is 9.53 Å². The molecule has 0 radical (unpaired) electrons. The Hall–Kier alpha value is -0.420. The van der Waals surface area contributed by atoms with Gasteiger partial charge in [-0.25, -0.2) is 4.79 Å². The highest BCUT2D eigenvalue weighted by Gasteiger charge is 2.23. The fraction of sp³-hybridized carbons (Fsp3) is 0.929. The Balaban J connectivity index is 2.13. The average molecular weight is 288 g/mol. The zero-order chi connectivity index (χ0) is 14.5. The van der Waals surface area contributed by atoms with E-state index in [0.717, 1.165) is 19.5 Å². The van der Waals surface area contributed by atoms with E-state index in [1.54, 1.807) is 11.9 Å². The fourth-order valence-electron chi connectivity index (χ4n) is 2.03. The minimum absolute atomic E-state index is 0.239. The largest absolute Gasteiger partial charge is 0.444 e. The van der Waals surface area contributed by atoms with E-state index in [9.17, 15) is 4.79 Å². The maximum Gasteiger partial charge on any atom is 0.410 e. The summed E-state index contributed by atoms with van der Waals surface area (Å²) in [6.07, 6.45) is 1.98. The van der Waals surface area contributed by atoms with Crippen LogP contribution in [0.2, 0.25) is 0 Å². The summed E-state index contributed by atoms with van der Waals surface area (Å²) in [7, 11) is 1.79. The van der Waals surface area contributed by atoms with Gasteiger partial charge in [0.05, 0.1) is 0 Å². The molecule has 0 aromatic carbocycles. The molecule has 1 fully saturated rings. The lowest BCUT2D eigenvalue weighted by molar-refractivity contribution is 0.0297. The number of thioether (sulfide) groups is 1. The Labute approximate surface area is 121 Å². The third kappa shape index (κ3) is 6.52. The molecule has 1 rings (SSSR count). The van der Waals surface area contributed by atoms with Gasteiger partial charge in [0.25, 0.3) is 0 Å². The van der Waals surface area contributed by atoms with Crippen LogP contribution in [0.15, 0.2) is 0 Å². The molecule has 0 aliphatic carbocycles. The molecule has 0 aromatic rings. The van der Waals surface area contributed by atoms with Gasteiger partial charge >= 0.3 is 6.09 Å². The minimum Gasteiger partial charge on any atom is -0.444 e. The van der Waals surface area contributed by atoms with E-state index in [4.69, 9.17) is 4.74 Å². The van der Waals surface area contributed by atoms with Gasteiger partial charge in [-0.2, -0.15) is 11.8 Å². The Morgan fingerprint density at radius 1 is 1.47 bits per heavy atom. The van der Waals surface area contributed by atoms with E-state index in [-0.39, 0.29) is 6.09 Å². The molecular weight excluding hydrogens is 260 g/mol. The number of nitrogens with one attached hydrogen (secondary N) is 1. The van der Waals surface area contributed by atoms with Crippen molar-refractivity contribution in [1.82, 2.24) is 10.2 Å². The topological polar surface area (TPSA) is 41.6 Å². The number of carbonyl (C=O) groups excluding carboxylic acids is 1. The Kier molecular flexibility index (Phi) is 6.47. The summed E-state index contributed by atoms with van der Waals surface area (Å²) in [5, 5.41) is 4.29. The van der Waals surface area contributed by atoms with Gasteiger partial charge in [-0.1, -0.05) is 6.92 Å². The third-order valence-corrected chi connectivity index (χ3v) is 4.48. The van der Waals surface area contributed by atoms with Crippen molar-refractivity contribution in [2.24, 2.45) is 0 Å².